The lowest BCUT2D eigenvalue weighted by atomic mass is 10.0. The molecule has 0 spiro atoms. The topological polar surface area (TPSA) is 81.4 Å². The smallest absolute Gasteiger partial charge is 0.258 e. The number of hydrogen-bond donors (Lipinski definition) is 2. The van der Waals surface area contributed by atoms with E-state index in [4.69, 9.17) is 22.1 Å². The molecule has 20 heavy (non-hydrogen) atoms. The SMILES string of the molecule is Cc1c(Cl)cccc1OCC(=O)N[C@H](C(N)=O)C(C)C. The van der Waals surface area contributed by atoms with Crippen LogP contribution in [0.25, 0.3) is 0 Å². The van der Waals surface area contributed by atoms with E-state index in [0.717, 1.165) is 5.56 Å². The average Bonchev–Trinajstić information content (AvgIpc) is 2.37. The van der Waals surface area contributed by atoms with Gasteiger partial charge in [-0.15, -0.1) is 0 Å². The molecule has 0 aliphatic carbocycles. The van der Waals surface area contributed by atoms with Gasteiger partial charge >= 0.3 is 0 Å². The Bertz CT molecular complexity index is 503. The van der Waals surface area contributed by atoms with Crippen LogP contribution in [0.2, 0.25) is 5.02 Å². The third-order valence-corrected chi connectivity index (χ3v) is 3.28. The van der Waals surface area contributed by atoms with E-state index in [2.05, 4.69) is 5.32 Å². The highest BCUT2D eigenvalue weighted by Crippen LogP contribution is 2.24. The molecule has 0 bridgehead atoms. The van der Waals surface area contributed by atoms with Gasteiger partial charge in [-0.25, -0.2) is 0 Å². The van der Waals surface area contributed by atoms with E-state index < -0.39 is 17.9 Å². The molecule has 0 aliphatic heterocycles. The first-order valence-corrected chi connectivity index (χ1v) is 6.67. The van der Waals surface area contributed by atoms with Gasteiger partial charge in [0, 0.05) is 10.6 Å². The Hall–Kier alpha value is -1.75. The monoisotopic (exact) mass is 298 g/mol. The molecule has 1 rings (SSSR count). The zero-order valence-corrected chi connectivity index (χ0v) is 12.5. The van der Waals surface area contributed by atoms with Crippen LogP contribution < -0.4 is 15.8 Å². The Labute approximate surface area is 123 Å². The molecule has 0 aromatic heterocycles. The summed E-state index contributed by atoms with van der Waals surface area (Å²) in [5.74, 6) is -0.508. The van der Waals surface area contributed by atoms with Crippen LogP contribution in [0.3, 0.4) is 0 Å². The predicted octanol–water partition coefficient (Wildman–Crippen LogP) is 1.65. The lowest BCUT2D eigenvalue weighted by molar-refractivity contribution is -0.129. The lowest BCUT2D eigenvalue weighted by Crippen LogP contribution is -2.49. The molecule has 1 aromatic rings. The maximum Gasteiger partial charge on any atom is 0.258 e. The van der Waals surface area contributed by atoms with Gasteiger partial charge < -0.3 is 15.8 Å². The maximum absolute atomic E-state index is 11.8. The predicted molar refractivity (Wildman–Crippen MR) is 77.6 cm³/mol. The van der Waals surface area contributed by atoms with Crippen molar-refractivity contribution in [2.75, 3.05) is 6.61 Å². The van der Waals surface area contributed by atoms with E-state index in [0.29, 0.717) is 10.8 Å². The van der Waals surface area contributed by atoms with Crippen LogP contribution >= 0.6 is 11.6 Å². The largest absolute Gasteiger partial charge is 0.483 e. The molecule has 0 saturated carbocycles. The van der Waals surface area contributed by atoms with Gasteiger partial charge in [0.15, 0.2) is 6.61 Å². The van der Waals surface area contributed by atoms with E-state index in [1.165, 1.54) is 0 Å². The van der Waals surface area contributed by atoms with Crippen molar-refractivity contribution in [3.8, 4) is 5.75 Å². The number of amides is 2. The first kappa shape index (κ1) is 16.3. The zero-order valence-electron chi connectivity index (χ0n) is 11.8. The Balaban J connectivity index is 2.59. The summed E-state index contributed by atoms with van der Waals surface area (Å²) >= 11 is 5.95. The second-order valence-corrected chi connectivity index (χ2v) is 5.25. The van der Waals surface area contributed by atoms with E-state index in [9.17, 15) is 9.59 Å². The van der Waals surface area contributed by atoms with Gasteiger partial charge in [-0.1, -0.05) is 31.5 Å². The number of halogens is 1. The summed E-state index contributed by atoms with van der Waals surface area (Å²) in [4.78, 5) is 23.0. The van der Waals surface area contributed by atoms with Crippen LogP contribution in [0.15, 0.2) is 18.2 Å². The van der Waals surface area contributed by atoms with Gasteiger partial charge in [-0.2, -0.15) is 0 Å². The third kappa shape index (κ3) is 4.42. The molecule has 5 nitrogen and oxygen atoms in total. The number of primary amides is 1. The number of carbonyl (C=O) groups is 2. The number of nitrogens with two attached hydrogens (primary N) is 1. The molecule has 0 aliphatic rings. The number of hydrogen-bond acceptors (Lipinski definition) is 3. The highest BCUT2D eigenvalue weighted by atomic mass is 35.5. The van der Waals surface area contributed by atoms with E-state index in [1.807, 2.05) is 0 Å². The van der Waals surface area contributed by atoms with Crippen molar-refractivity contribution >= 4 is 23.4 Å². The molecular weight excluding hydrogens is 280 g/mol. The molecule has 1 aromatic carbocycles. The van der Waals surface area contributed by atoms with Crippen molar-refractivity contribution in [3.63, 3.8) is 0 Å². The highest BCUT2D eigenvalue weighted by Gasteiger charge is 2.21. The van der Waals surface area contributed by atoms with Crippen LogP contribution in [-0.4, -0.2) is 24.5 Å². The molecule has 0 saturated heterocycles. The van der Waals surface area contributed by atoms with E-state index >= 15 is 0 Å². The number of carbonyl (C=O) groups excluding carboxylic acids is 2. The normalized spacial score (nSPS) is 12.1. The second-order valence-electron chi connectivity index (χ2n) is 4.84. The number of nitrogens with one attached hydrogen (secondary N) is 1. The molecule has 110 valence electrons. The Morgan fingerprint density at radius 3 is 2.60 bits per heavy atom. The van der Waals surface area contributed by atoms with E-state index in [1.54, 1.807) is 39.0 Å². The van der Waals surface area contributed by atoms with Crippen molar-refractivity contribution in [1.29, 1.82) is 0 Å². The summed E-state index contributed by atoms with van der Waals surface area (Å²) in [5, 5.41) is 3.12. The summed E-state index contributed by atoms with van der Waals surface area (Å²) in [6.45, 7) is 5.21. The van der Waals surface area contributed by atoms with Gasteiger partial charge in [0.1, 0.15) is 11.8 Å². The maximum atomic E-state index is 11.8. The zero-order chi connectivity index (χ0) is 15.3. The van der Waals surface area contributed by atoms with Crippen molar-refractivity contribution in [1.82, 2.24) is 5.32 Å². The molecule has 0 unspecified atom stereocenters. The summed E-state index contributed by atoms with van der Waals surface area (Å²) in [6, 6.07) is 4.50. The van der Waals surface area contributed by atoms with Crippen molar-refractivity contribution in [2.45, 2.75) is 26.8 Å². The fourth-order valence-electron chi connectivity index (χ4n) is 1.67. The van der Waals surface area contributed by atoms with Crippen LogP contribution in [0.5, 0.6) is 5.75 Å². The minimum atomic E-state index is -0.702. The van der Waals surface area contributed by atoms with Gasteiger partial charge in [0.2, 0.25) is 5.91 Å². The molecule has 2 amide bonds. The number of ether oxygens (including phenoxy) is 1. The summed E-state index contributed by atoms with van der Waals surface area (Å²) < 4.78 is 5.39. The van der Waals surface area contributed by atoms with Gasteiger partial charge in [0.25, 0.3) is 5.91 Å². The van der Waals surface area contributed by atoms with E-state index in [-0.39, 0.29) is 12.5 Å². The van der Waals surface area contributed by atoms with Gasteiger partial charge in [-0.3, -0.25) is 9.59 Å². The van der Waals surface area contributed by atoms with Crippen LogP contribution in [-0.2, 0) is 9.59 Å². The lowest BCUT2D eigenvalue weighted by Gasteiger charge is -2.19. The van der Waals surface area contributed by atoms with Crippen LogP contribution in [0, 0.1) is 12.8 Å². The Morgan fingerprint density at radius 2 is 2.05 bits per heavy atom. The summed E-state index contributed by atoms with van der Waals surface area (Å²) in [7, 11) is 0. The van der Waals surface area contributed by atoms with Crippen molar-refractivity contribution < 1.29 is 14.3 Å². The molecule has 6 heteroatoms. The number of rotatable bonds is 6. The average molecular weight is 299 g/mol. The minimum Gasteiger partial charge on any atom is -0.483 e. The Morgan fingerprint density at radius 1 is 1.40 bits per heavy atom. The second kappa shape index (κ2) is 7.14. The molecule has 0 fully saturated rings. The molecule has 0 heterocycles. The first-order valence-electron chi connectivity index (χ1n) is 6.29. The summed E-state index contributed by atoms with van der Waals surface area (Å²) in [6.07, 6.45) is 0. The first-order chi connectivity index (χ1) is 9.32. The fraction of sp³-hybridized carbons (Fsp3) is 0.429. The quantitative estimate of drug-likeness (QED) is 0.838. The van der Waals surface area contributed by atoms with Crippen molar-refractivity contribution in [3.05, 3.63) is 28.8 Å². The molecular formula is C14H19ClN2O3. The Kier molecular flexibility index (Phi) is 5.82. The third-order valence-electron chi connectivity index (χ3n) is 2.87. The minimum absolute atomic E-state index is 0.0793. The van der Waals surface area contributed by atoms with Crippen LogP contribution in [0.4, 0.5) is 0 Å². The standard InChI is InChI=1S/C14H19ClN2O3/c1-8(2)13(14(16)19)17-12(18)7-20-11-6-4-5-10(15)9(11)3/h4-6,8,13H,7H2,1-3H3,(H2,16,19)(H,17,18)/t13-/m0/s1. The van der Waals surface area contributed by atoms with Crippen LogP contribution in [0.1, 0.15) is 19.4 Å². The van der Waals surface area contributed by atoms with Gasteiger partial charge in [-0.05, 0) is 25.0 Å². The molecule has 3 N–H and O–H groups in total. The molecule has 1 atom stereocenters. The summed E-state index contributed by atoms with van der Waals surface area (Å²) in [5.41, 5.74) is 5.99. The van der Waals surface area contributed by atoms with Gasteiger partial charge in [0.05, 0.1) is 0 Å². The van der Waals surface area contributed by atoms with Crippen molar-refractivity contribution in [2.24, 2.45) is 11.7 Å². The highest BCUT2D eigenvalue weighted by molar-refractivity contribution is 6.31. The molecule has 0 radical (unpaired) electrons. The number of benzene rings is 1. The fourth-order valence-corrected chi connectivity index (χ4v) is 1.83.